The molecule has 2 aromatic rings. The molecule has 1 heterocycles. The molecule has 3 rings (SSSR count). The highest BCUT2D eigenvalue weighted by molar-refractivity contribution is 7.86. The van der Waals surface area contributed by atoms with Crippen LogP contribution in [-0.2, 0) is 20.7 Å². The molecule has 0 unspecified atom stereocenters. The summed E-state index contributed by atoms with van der Waals surface area (Å²) in [5.74, 6) is 0.0746. The van der Waals surface area contributed by atoms with Gasteiger partial charge >= 0.3 is 16.5 Å². The number of rotatable bonds is 6. The Balaban J connectivity index is 1.68. The number of nitrogens with zero attached hydrogens (tertiary/aromatic N) is 1. The molecular weight excluding hydrogens is 391 g/mol. The van der Waals surface area contributed by atoms with Crippen molar-refractivity contribution in [2.75, 3.05) is 19.6 Å². The van der Waals surface area contributed by atoms with Gasteiger partial charge in [-0.25, -0.2) is 0 Å². The summed E-state index contributed by atoms with van der Waals surface area (Å²) in [5.41, 5.74) is 1.97. The van der Waals surface area contributed by atoms with Gasteiger partial charge in [-0.05, 0) is 55.0 Å². The highest BCUT2D eigenvalue weighted by Crippen LogP contribution is 2.30. The third-order valence-corrected chi connectivity index (χ3v) is 6.13. The van der Waals surface area contributed by atoms with Gasteiger partial charge in [0.1, 0.15) is 0 Å². The minimum Gasteiger partial charge on any atom is -0.302 e. The van der Waals surface area contributed by atoms with Gasteiger partial charge in [0.05, 0.1) is 4.90 Å². The topological polar surface area (TPSA) is 46.6 Å². The fraction of sp³-hybridized carbons (Fsp3) is 0.400. The maximum Gasteiger partial charge on any atom is 0.537 e. The quantitative estimate of drug-likeness (QED) is 0.662. The van der Waals surface area contributed by atoms with Crippen molar-refractivity contribution in [1.29, 1.82) is 0 Å². The van der Waals surface area contributed by atoms with Crippen molar-refractivity contribution < 1.29 is 25.8 Å². The van der Waals surface area contributed by atoms with Gasteiger partial charge in [-0.15, -0.1) is 13.2 Å². The van der Waals surface area contributed by atoms with Gasteiger partial charge in [0.2, 0.25) is 0 Å². The predicted molar refractivity (Wildman–Crippen MR) is 99.3 cm³/mol. The molecule has 0 bridgehead atoms. The van der Waals surface area contributed by atoms with E-state index >= 15 is 0 Å². The Bertz CT molecular complexity index is 885. The Morgan fingerprint density at radius 3 is 2.54 bits per heavy atom. The van der Waals surface area contributed by atoms with Crippen molar-refractivity contribution >= 4 is 10.1 Å². The molecule has 28 heavy (non-hydrogen) atoms. The second kappa shape index (κ2) is 8.63. The number of hydrogen-bond donors (Lipinski definition) is 0. The lowest BCUT2D eigenvalue weighted by Gasteiger charge is -2.33. The zero-order valence-corrected chi connectivity index (χ0v) is 16.0. The fourth-order valence-electron chi connectivity index (χ4n) is 3.56. The van der Waals surface area contributed by atoms with Crippen LogP contribution >= 0.6 is 0 Å². The monoisotopic (exact) mass is 413 g/mol. The van der Waals surface area contributed by atoms with Crippen LogP contribution in [0.3, 0.4) is 0 Å². The summed E-state index contributed by atoms with van der Waals surface area (Å²) in [6.45, 7) is 2.59. The van der Waals surface area contributed by atoms with Crippen LogP contribution in [0.4, 0.5) is 13.2 Å². The second-order valence-electron chi connectivity index (χ2n) is 6.93. The molecule has 0 aromatic heterocycles. The minimum atomic E-state index is -5.24. The standard InChI is InChI=1S/C20H22F3NO3S/c21-20(22,23)27-28(25,26)19-10-4-8-17(14-19)18-9-5-12-24(15-18)13-11-16-6-2-1-3-7-16/h1-4,6-8,10,14,18H,5,9,11-13,15H2/t18-/m1/s1. The lowest BCUT2D eigenvalue weighted by molar-refractivity contribution is -0.271. The first-order valence-corrected chi connectivity index (χ1v) is 10.5. The summed E-state index contributed by atoms with van der Waals surface area (Å²) in [7, 11) is -4.88. The number of piperidine rings is 1. The maximum atomic E-state index is 12.4. The Morgan fingerprint density at radius 1 is 1.07 bits per heavy atom. The summed E-state index contributed by atoms with van der Waals surface area (Å²) in [6.07, 6.45) is -2.50. The first kappa shape index (κ1) is 20.8. The Labute approximate surface area is 163 Å². The molecule has 1 aliphatic heterocycles. The van der Waals surface area contributed by atoms with Gasteiger partial charge in [-0.2, -0.15) is 12.6 Å². The van der Waals surface area contributed by atoms with Crippen molar-refractivity contribution in [2.24, 2.45) is 0 Å². The third-order valence-electron chi connectivity index (χ3n) is 4.89. The number of halogens is 3. The SMILES string of the molecule is O=S(=O)(OC(F)(F)F)c1cccc([C@@H]2CCCN(CCc3ccccc3)C2)c1. The maximum absolute atomic E-state index is 12.4. The van der Waals surface area contributed by atoms with Crippen molar-refractivity contribution in [1.82, 2.24) is 4.90 Å². The summed E-state index contributed by atoms with van der Waals surface area (Å²) in [6, 6.07) is 15.8. The van der Waals surface area contributed by atoms with E-state index in [0.717, 1.165) is 50.5 Å². The van der Waals surface area contributed by atoms with Crippen molar-refractivity contribution in [3.63, 3.8) is 0 Å². The van der Waals surface area contributed by atoms with E-state index in [1.54, 1.807) is 6.07 Å². The predicted octanol–water partition coefficient (Wildman–Crippen LogP) is 4.33. The van der Waals surface area contributed by atoms with Crippen LogP contribution in [0.15, 0.2) is 59.5 Å². The smallest absolute Gasteiger partial charge is 0.302 e. The largest absolute Gasteiger partial charge is 0.537 e. The first-order valence-electron chi connectivity index (χ1n) is 9.11. The molecule has 1 fully saturated rings. The van der Waals surface area contributed by atoms with E-state index in [1.807, 2.05) is 18.2 Å². The van der Waals surface area contributed by atoms with Crippen LogP contribution < -0.4 is 0 Å². The van der Waals surface area contributed by atoms with Crippen molar-refractivity contribution in [2.45, 2.75) is 36.4 Å². The van der Waals surface area contributed by atoms with Crippen LogP contribution in [0, 0.1) is 0 Å². The van der Waals surface area contributed by atoms with Gasteiger partial charge in [0.15, 0.2) is 0 Å². The zero-order valence-electron chi connectivity index (χ0n) is 15.2. The molecule has 0 aliphatic carbocycles. The van der Waals surface area contributed by atoms with Gasteiger partial charge in [0, 0.05) is 13.1 Å². The molecule has 4 nitrogen and oxygen atoms in total. The van der Waals surface area contributed by atoms with E-state index in [9.17, 15) is 21.6 Å². The molecule has 0 saturated carbocycles. The molecule has 1 saturated heterocycles. The Morgan fingerprint density at radius 2 is 1.82 bits per heavy atom. The molecule has 0 radical (unpaired) electrons. The number of hydrogen-bond acceptors (Lipinski definition) is 4. The van der Waals surface area contributed by atoms with E-state index in [2.05, 4.69) is 21.2 Å². The summed E-state index contributed by atoms with van der Waals surface area (Å²) in [5, 5.41) is 0. The normalized spacial score (nSPS) is 18.9. The van der Waals surface area contributed by atoms with E-state index in [1.165, 1.54) is 17.7 Å². The van der Waals surface area contributed by atoms with Crippen molar-refractivity contribution in [3.05, 3.63) is 65.7 Å². The van der Waals surface area contributed by atoms with Crippen LogP contribution in [-0.4, -0.2) is 39.3 Å². The molecule has 0 amide bonds. The third kappa shape index (κ3) is 5.80. The Hall–Kier alpha value is -1.90. The highest BCUT2D eigenvalue weighted by Gasteiger charge is 2.38. The fourth-order valence-corrected chi connectivity index (χ4v) is 4.43. The number of alkyl halides is 3. The summed E-state index contributed by atoms with van der Waals surface area (Å²) >= 11 is 0. The van der Waals surface area contributed by atoms with Crippen LogP contribution in [0.5, 0.6) is 0 Å². The van der Waals surface area contributed by atoms with E-state index < -0.39 is 21.4 Å². The minimum absolute atomic E-state index is 0.0746. The average Bonchev–Trinajstić information content (AvgIpc) is 2.66. The van der Waals surface area contributed by atoms with Gasteiger partial charge in [0.25, 0.3) is 0 Å². The number of likely N-dealkylation sites (tertiary alicyclic amines) is 1. The van der Waals surface area contributed by atoms with E-state index in [-0.39, 0.29) is 5.92 Å². The molecule has 8 heteroatoms. The molecule has 152 valence electrons. The molecule has 0 spiro atoms. The van der Waals surface area contributed by atoms with E-state index in [4.69, 9.17) is 0 Å². The molecule has 1 atom stereocenters. The van der Waals surface area contributed by atoms with Crippen molar-refractivity contribution in [3.8, 4) is 0 Å². The van der Waals surface area contributed by atoms with E-state index in [0.29, 0.717) is 0 Å². The molecular formula is C20H22F3NO3S. The average molecular weight is 413 g/mol. The molecule has 1 aliphatic rings. The van der Waals surface area contributed by atoms with Gasteiger partial charge in [-0.3, -0.25) is 0 Å². The van der Waals surface area contributed by atoms with Crippen LogP contribution in [0.2, 0.25) is 0 Å². The van der Waals surface area contributed by atoms with Crippen LogP contribution in [0.25, 0.3) is 0 Å². The van der Waals surface area contributed by atoms with Gasteiger partial charge < -0.3 is 4.90 Å². The highest BCUT2D eigenvalue weighted by atomic mass is 32.2. The Kier molecular flexibility index (Phi) is 6.42. The number of benzene rings is 2. The second-order valence-corrected chi connectivity index (χ2v) is 8.48. The van der Waals surface area contributed by atoms with Gasteiger partial charge in [-0.1, -0.05) is 42.5 Å². The lowest BCUT2D eigenvalue weighted by Crippen LogP contribution is -2.35. The zero-order chi connectivity index (χ0) is 20.2. The summed E-state index contributed by atoms with van der Waals surface area (Å²) in [4.78, 5) is 1.85. The summed E-state index contributed by atoms with van der Waals surface area (Å²) < 4.78 is 64.1. The lowest BCUT2D eigenvalue weighted by atomic mass is 9.90. The molecule has 0 N–H and O–H groups in total. The molecule has 2 aromatic carbocycles. The van der Waals surface area contributed by atoms with Crippen LogP contribution in [0.1, 0.15) is 29.9 Å². The first-order chi connectivity index (χ1) is 13.2.